The number of urea groups is 1. The molecule has 4 N–H and O–H groups in total. The third-order valence-electron chi connectivity index (χ3n) is 11.8. The third-order valence-corrected chi connectivity index (χ3v) is 12.8. The first-order valence-corrected chi connectivity index (χ1v) is 20.8. The molecule has 6 aromatic rings. The van der Waals surface area contributed by atoms with Crippen LogP contribution in [0.4, 0.5) is 4.79 Å². The molecule has 0 unspecified atom stereocenters. The number of nitrogens with one attached hydrogen (secondary N) is 2. The number of fused-ring (bicyclic) bond motifs is 3. The lowest BCUT2D eigenvalue weighted by atomic mass is 9.84. The topological polar surface area (TPSA) is 194 Å². The number of aromatic hydroxyl groups is 1. The van der Waals surface area contributed by atoms with Gasteiger partial charge in [-0.25, -0.2) is 19.8 Å². The molecule has 2 aromatic carbocycles. The van der Waals surface area contributed by atoms with Crippen LogP contribution in [0.1, 0.15) is 66.1 Å². The molecule has 59 heavy (non-hydrogen) atoms. The summed E-state index contributed by atoms with van der Waals surface area (Å²) in [5.74, 6) is -0.934. The SMILES string of the molecule is Cc1ncsc1-c1ccc(CNC(=O)N2C[C@@H](O)CN2C(=O)[C@@H](c2cc(C3CN(C(=O)[C@@H]4CCc5[nH]c6nnc(-c7ccccc7O)cc6c5C4)C3)no2)C(C)C)cc1. The summed E-state index contributed by atoms with van der Waals surface area (Å²) in [6, 6.07) is 18.2. The quantitative estimate of drug-likeness (QED) is 0.144. The third kappa shape index (κ3) is 7.31. The van der Waals surface area contributed by atoms with Gasteiger partial charge in [-0.05, 0) is 67.0 Å². The lowest BCUT2D eigenvalue weighted by molar-refractivity contribution is -0.143. The molecule has 0 radical (unpaired) electrons. The number of β-amino-alcohol motifs (C(OH)–C–C–N with tert-alkyl or cyclic N) is 1. The van der Waals surface area contributed by atoms with Crippen LogP contribution in [0.15, 0.2) is 70.7 Å². The van der Waals surface area contributed by atoms with Crippen LogP contribution < -0.4 is 5.32 Å². The van der Waals surface area contributed by atoms with Gasteiger partial charge in [-0.2, -0.15) is 0 Å². The van der Waals surface area contributed by atoms with Crippen LogP contribution in [0.2, 0.25) is 0 Å². The first kappa shape index (κ1) is 38.4. The van der Waals surface area contributed by atoms with Crippen LogP contribution in [-0.4, -0.2) is 101 Å². The molecule has 1 aliphatic carbocycles. The number of benzene rings is 2. The number of hydrogen-bond acceptors (Lipinski definition) is 11. The summed E-state index contributed by atoms with van der Waals surface area (Å²) < 4.78 is 5.81. The van der Waals surface area contributed by atoms with Gasteiger partial charge >= 0.3 is 6.03 Å². The number of aliphatic hydroxyl groups is 1. The Kier molecular flexibility index (Phi) is 10.1. The van der Waals surface area contributed by atoms with Crippen molar-refractivity contribution in [2.75, 3.05) is 26.2 Å². The average Bonchev–Trinajstić information content (AvgIpc) is 4.03. The Balaban J connectivity index is 0.822. The summed E-state index contributed by atoms with van der Waals surface area (Å²) in [7, 11) is 0. The van der Waals surface area contributed by atoms with E-state index in [4.69, 9.17) is 4.52 Å². The van der Waals surface area contributed by atoms with E-state index < -0.39 is 18.1 Å². The fraction of sp³-hybridized carbons (Fsp3) is 0.372. The smallest absolute Gasteiger partial charge is 0.336 e. The number of aromatic nitrogens is 5. The number of carbonyl (C=O) groups is 3. The Hall–Kier alpha value is -6.13. The van der Waals surface area contributed by atoms with Crippen LogP contribution >= 0.6 is 11.3 Å². The second-order valence-electron chi connectivity index (χ2n) is 16.1. The number of hydrazine groups is 1. The van der Waals surface area contributed by atoms with Gasteiger partial charge in [0.05, 0.1) is 46.7 Å². The van der Waals surface area contributed by atoms with E-state index in [1.807, 2.05) is 67.6 Å². The molecule has 0 bridgehead atoms. The average molecular weight is 816 g/mol. The predicted molar refractivity (Wildman–Crippen MR) is 219 cm³/mol. The Morgan fingerprint density at radius 3 is 2.54 bits per heavy atom. The van der Waals surface area contributed by atoms with E-state index in [0.29, 0.717) is 54.3 Å². The monoisotopic (exact) mass is 815 g/mol. The second-order valence-corrected chi connectivity index (χ2v) is 17.0. The fourth-order valence-electron chi connectivity index (χ4n) is 8.56. The van der Waals surface area contributed by atoms with E-state index in [0.717, 1.165) is 44.8 Å². The van der Waals surface area contributed by atoms with E-state index in [2.05, 4.69) is 30.6 Å². The van der Waals surface area contributed by atoms with Gasteiger partial charge in [-0.3, -0.25) is 9.59 Å². The minimum Gasteiger partial charge on any atom is -0.507 e. The summed E-state index contributed by atoms with van der Waals surface area (Å²) in [6.07, 6.45) is 1.12. The van der Waals surface area contributed by atoms with Crippen molar-refractivity contribution in [2.45, 2.75) is 64.5 Å². The normalized spacial score (nSPS) is 18.6. The van der Waals surface area contributed by atoms with E-state index in [9.17, 15) is 24.6 Å². The number of amides is 4. The molecule has 4 amide bonds. The van der Waals surface area contributed by atoms with Crippen LogP contribution in [0.25, 0.3) is 32.7 Å². The van der Waals surface area contributed by atoms with Crippen molar-refractivity contribution in [1.29, 1.82) is 0 Å². The molecule has 304 valence electrons. The zero-order chi connectivity index (χ0) is 40.9. The highest BCUT2D eigenvalue weighted by Gasteiger charge is 2.43. The van der Waals surface area contributed by atoms with Crippen molar-refractivity contribution in [3.63, 3.8) is 0 Å². The Morgan fingerprint density at radius 2 is 1.80 bits per heavy atom. The van der Waals surface area contributed by atoms with Crippen molar-refractivity contribution in [2.24, 2.45) is 11.8 Å². The van der Waals surface area contributed by atoms with E-state index in [1.165, 1.54) is 10.0 Å². The fourth-order valence-corrected chi connectivity index (χ4v) is 9.37. The molecule has 2 aliphatic heterocycles. The molecule has 15 nitrogen and oxygen atoms in total. The first-order chi connectivity index (χ1) is 28.5. The van der Waals surface area contributed by atoms with Gasteiger partial charge in [0.25, 0.3) is 5.91 Å². The number of phenols is 1. The summed E-state index contributed by atoms with van der Waals surface area (Å²) in [6.45, 7) is 6.98. The first-order valence-electron chi connectivity index (χ1n) is 20.0. The predicted octanol–water partition coefficient (Wildman–Crippen LogP) is 5.55. The molecular formula is C43H45N9O6S. The van der Waals surface area contributed by atoms with Crippen LogP contribution in [0.5, 0.6) is 5.75 Å². The van der Waals surface area contributed by atoms with Gasteiger partial charge in [-0.15, -0.1) is 21.5 Å². The standard InChI is InChI=1S/C43H45N9O6S/c1-23(2)38(42(56)51-20-29(53)21-52(51)43(57)44-17-25-8-10-26(11-9-25)39-24(3)45-22-59-39)37-16-34(49-58-37)28-18-50(19-28)41(55)27-12-13-33-31(14-27)32-15-35(47-48-40(32)46-33)30-6-4-5-7-36(30)54/h4-11,15-16,22-23,27-29,38,53-54H,12-14,17-21H2,1-3H3,(H,44,57)(H,46,48)/t27-,29+,38-/m1/s1. The lowest BCUT2D eigenvalue weighted by Crippen LogP contribution is -2.51. The van der Waals surface area contributed by atoms with Crippen LogP contribution in [0.3, 0.4) is 0 Å². The van der Waals surface area contributed by atoms with Crippen LogP contribution in [-0.2, 0) is 29.0 Å². The zero-order valence-corrected chi connectivity index (χ0v) is 33.8. The number of H-pyrrole nitrogens is 1. The number of likely N-dealkylation sites (tertiary alicyclic amines) is 1. The molecule has 0 saturated carbocycles. The summed E-state index contributed by atoms with van der Waals surface area (Å²) in [5.41, 5.74) is 9.38. The number of hydrogen-bond donors (Lipinski definition) is 4. The number of aromatic amines is 1. The highest BCUT2D eigenvalue weighted by molar-refractivity contribution is 7.13. The lowest BCUT2D eigenvalue weighted by Gasteiger charge is -2.40. The maximum atomic E-state index is 14.2. The largest absolute Gasteiger partial charge is 0.507 e. The van der Waals surface area contributed by atoms with Gasteiger partial charge in [0, 0.05) is 54.2 Å². The number of aliphatic hydroxyl groups excluding tert-OH is 1. The van der Waals surface area contributed by atoms with Crippen molar-refractivity contribution in [3.8, 4) is 27.4 Å². The second kappa shape index (κ2) is 15.6. The minimum atomic E-state index is -0.898. The number of aryl methyl sites for hydroxylation is 2. The molecule has 6 heterocycles. The molecule has 0 spiro atoms. The highest BCUT2D eigenvalue weighted by Crippen LogP contribution is 2.38. The summed E-state index contributed by atoms with van der Waals surface area (Å²) in [4.78, 5) is 52.1. The van der Waals surface area contributed by atoms with Crippen molar-refractivity contribution >= 4 is 40.2 Å². The Bertz CT molecular complexity index is 2540. The minimum absolute atomic E-state index is 0.0183. The maximum absolute atomic E-state index is 14.2. The molecule has 3 aliphatic rings. The van der Waals surface area contributed by atoms with Gasteiger partial charge in [0.2, 0.25) is 5.91 Å². The summed E-state index contributed by atoms with van der Waals surface area (Å²) >= 11 is 1.58. The molecule has 2 fully saturated rings. The number of nitrogens with zero attached hydrogens (tertiary/aromatic N) is 7. The van der Waals surface area contributed by atoms with E-state index in [1.54, 1.807) is 35.6 Å². The van der Waals surface area contributed by atoms with E-state index in [-0.39, 0.29) is 55.0 Å². The molecular weight excluding hydrogens is 771 g/mol. The molecule has 9 rings (SSSR count). The number of carbonyl (C=O) groups excluding carboxylic acids is 3. The van der Waals surface area contributed by atoms with Gasteiger partial charge < -0.3 is 29.9 Å². The number of thiazole rings is 1. The zero-order valence-electron chi connectivity index (χ0n) is 33.0. The number of phenolic OH excluding ortho intramolecular Hbond substituents is 1. The summed E-state index contributed by atoms with van der Waals surface area (Å²) in [5, 5.41) is 40.5. The van der Waals surface area contributed by atoms with Crippen LogP contribution in [0, 0.1) is 18.8 Å². The van der Waals surface area contributed by atoms with Crippen molar-refractivity contribution in [1.82, 2.24) is 45.6 Å². The van der Waals surface area contributed by atoms with Crippen molar-refractivity contribution in [3.05, 3.63) is 100 Å². The van der Waals surface area contributed by atoms with Gasteiger partial charge in [0.15, 0.2) is 5.65 Å². The Labute approximate surface area is 344 Å². The molecule has 4 aromatic heterocycles. The van der Waals surface area contributed by atoms with E-state index >= 15 is 0 Å². The number of rotatable bonds is 9. The number of para-hydroxylation sites is 1. The maximum Gasteiger partial charge on any atom is 0.336 e. The molecule has 16 heteroatoms. The molecule has 2 saturated heterocycles. The molecule has 3 atom stereocenters. The highest BCUT2D eigenvalue weighted by atomic mass is 32.1. The van der Waals surface area contributed by atoms with Crippen molar-refractivity contribution < 1.29 is 29.1 Å². The Morgan fingerprint density at radius 1 is 1.02 bits per heavy atom. The van der Waals surface area contributed by atoms with Gasteiger partial charge in [0.1, 0.15) is 17.4 Å². The van der Waals surface area contributed by atoms with Gasteiger partial charge in [-0.1, -0.05) is 55.4 Å².